The maximum absolute atomic E-state index is 13.6. The molecule has 0 spiro atoms. The van der Waals surface area contributed by atoms with Crippen LogP contribution >= 0.6 is 0 Å². The summed E-state index contributed by atoms with van der Waals surface area (Å²) in [5, 5.41) is 19.9. The van der Waals surface area contributed by atoms with Gasteiger partial charge in [-0.3, -0.25) is 9.72 Å². The van der Waals surface area contributed by atoms with Crippen molar-refractivity contribution >= 4 is 17.5 Å². The average Bonchev–Trinajstić information content (AvgIpc) is 3.67. The first kappa shape index (κ1) is 33.0. The van der Waals surface area contributed by atoms with E-state index in [4.69, 9.17) is 14.6 Å². The molecule has 48 heavy (non-hydrogen) atoms. The number of nitrogens with zero attached hydrogens (tertiary/aromatic N) is 6. The normalized spacial score (nSPS) is 16.3. The molecule has 2 atom stereocenters. The highest BCUT2D eigenvalue weighted by molar-refractivity contribution is 5.89. The first-order chi connectivity index (χ1) is 23.0. The van der Waals surface area contributed by atoms with Crippen LogP contribution in [0.2, 0.25) is 0 Å². The monoisotopic (exact) mass is 650 g/mol. The van der Waals surface area contributed by atoms with Gasteiger partial charge in [0.2, 0.25) is 0 Å². The number of aromatic nitrogens is 5. The Morgan fingerprint density at radius 2 is 1.77 bits per heavy atom. The van der Waals surface area contributed by atoms with E-state index >= 15 is 0 Å². The van der Waals surface area contributed by atoms with E-state index < -0.39 is 0 Å². The van der Waals surface area contributed by atoms with E-state index in [1.807, 2.05) is 79.3 Å². The molecule has 3 aromatic heterocycles. The molecule has 3 heterocycles. The second kappa shape index (κ2) is 13.7. The lowest BCUT2D eigenvalue weighted by Gasteiger charge is -2.32. The summed E-state index contributed by atoms with van der Waals surface area (Å²) in [6.07, 6.45) is 3.28. The van der Waals surface area contributed by atoms with Crippen molar-refractivity contribution in [2.24, 2.45) is 0 Å². The number of benzene rings is 2. The summed E-state index contributed by atoms with van der Waals surface area (Å²) in [5.41, 5.74) is 4.35. The van der Waals surface area contributed by atoms with Crippen LogP contribution in [0, 0.1) is 0 Å². The third-order valence-electron chi connectivity index (χ3n) is 8.53. The highest BCUT2D eigenvalue weighted by Gasteiger charge is 2.30. The minimum atomic E-state index is -0.298. The van der Waals surface area contributed by atoms with Crippen LogP contribution in [0.25, 0.3) is 11.3 Å². The lowest BCUT2D eigenvalue weighted by Crippen LogP contribution is -2.36. The number of carbonyl (C=O) groups is 1. The Kier molecular flexibility index (Phi) is 9.41. The molecule has 0 saturated carbocycles. The second-order valence-corrected chi connectivity index (χ2v) is 14.0. The number of pyridine rings is 1. The molecule has 2 amide bonds. The number of likely N-dealkylation sites (N-methyl/N-ethyl adjacent to an activating group) is 1. The number of carbonyl (C=O) groups excluding carboxylic acids is 1. The fourth-order valence-corrected chi connectivity index (χ4v) is 5.93. The molecule has 5 aromatic rings. The van der Waals surface area contributed by atoms with Gasteiger partial charge in [0.15, 0.2) is 5.65 Å². The quantitative estimate of drug-likeness (QED) is 0.167. The van der Waals surface area contributed by atoms with E-state index in [-0.39, 0.29) is 29.5 Å². The van der Waals surface area contributed by atoms with Gasteiger partial charge in [0, 0.05) is 30.0 Å². The Balaban J connectivity index is 1.19. The molecule has 2 N–H and O–H groups in total. The van der Waals surface area contributed by atoms with Crippen molar-refractivity contribution in [1.82, 2.24) is 34.6 Å². The van der Waals surface area contributed by atoms with Gasteiger partial charge >= 0.3 is 6.03 Å². The molecule has 0 unspecified atom stereocenters. The molecule has 0 saturated heterocycles. The number of amides is 2. The molecular formula is C37H46N8O3. The molecule has 11 nitrogen and oxygen atoms in total. The number of urea groups is 1. The molecule has 1 aliphatic rings. The standard InChI is InChI=1S/C37H46N8O3/c1-24(2)35-41-40-33-18-15-27(23-44(33)35)48-31-17-16-30(28-13-8-9-14-29(28)31)38-36(46)39-34-22-32(37(3,4)5)42-45(34)25-11-10-12-26(21-25)47-20-19-43(6)7/h8-15,18,21-24,30-31H,16-17,19-20H2,1-7H3,(H2,38,39,46)/t30-,31+/m0/s1. The summed E-state index contributed by atoms with van der Waals surface area (Å²) >= 11 is 0. The van der Waals surface area contributed by atoms with Gasteiger partial charge in [-0.25, -0.2) is 9.48 Å². The highest BCUT2D eigenvalue weighted by atomic mass is 16.5. The smallest absolute Gasteiger partial charge is 0.320 e. The topological polar surface area (TPSA) is 111 Å². The predicted octanol–water partition coefficient (Wildman–Crippen LogP) is 7.05. The van der Waals surface area contributed by atoms with Crippen molar-refractivity contribution < 1.29 is 14.3 Å². The molecule has 1 aliphatic carbocycles. The van der Waals surface area contributed by atoms with Gasteiger partial charge in [-0.05, 0) is 62.3 Å². The molecular weight excluding hydrogens is 604 g/mol. The van der Waals surface area contributed by atoms with Crippen LogP contribution in [-0.4, -0.2) is 62.6 Å². The highest BCUT2D eigenvalue weighted by Crippen LogP contribution is 2.39. The van der Waals surface area contributed by atoms with Crippen LogP contribution in [0.15, 0.2) is 72.9 Å². The first-order valence-electron chi connectivity index (χ1n) is 16.6. The van der Waals surface area contributed by atoms with Gasteiger partial charge in [0.25, 0.3) is 0 Å². The zero-order valence-electron chi connectivity index (χ0n) is 28.9. The molecule has 0 fully saturated rings. The van der Waals surface area contributed by atoms with Gasteiger partial charge < -0.3 is 19.7 Å². The van der Waals surface area contributed by atoms with Crippen LogP contribution in [0.1, 0.15) is 88.2 Å². The van der Waals surface area contributed by atoms with Crippen molar-refractivity contribution in [1.29, 1.82) is 0 Å². The van der Waals surface area contributed by atoms with Crippen LogP contribution < -0.4 is 20.1 Å². The van der Waals surface area contributed by atoms with Gasteiger partial charge in [-0.15, -0.1) is 10.2 Å². The zero-order chi connectivity index (χ0) is 34.0. The van der Waals surface area contributed by atoms with E-state index in [9.17, 15) is 4.79 Å². The Morgan fingerprint density at radius 1 is 0.979 bits per heavy atom. The third kappa shape index (κ3) is 7.31. The first-order valence-corrected chi connectivity index (χ1v) is 16.6. The number of nitrogens with one attached hydrogen (secondary N) is 2. The Labute approximate surface area is 282 Å². The molecule has 11 heteroatoms. The van der Waals surface area contributed by atoms with Crippen molar-refractivity contribution in [2.45, 2.75) is 70.9 Å². The fraction of sp³-hybridized carbons (Fsp3) is 0.405. The van der Waals surface area contributed by atoms with Crippen LogP contribution in [-0.2, 0) is 5.41 Å². The summed E-state index contributed by atoms with van der Waals surface area (Å²) in [5.74, 6) is 3.21. The van der Waals surface area contributed by atoms with Gasteiger partial charge in [-0.2, -0.15) is 5.10 Å². The SMILES string of the molecule is CC(C)c1nnc2ccc(O[C@@H]3CC[C@H](NC(=O)Nc4cc(C(C)(C)C)nn4-c4cccc(OCCN(C)C)c4)c4ccccc43)cn12. The number of fused-ring (bicyclic) bond motifs is 2. The average molecular weight is 651 g/mol. The van der Waals surface area contributed by atoms with E-state index in [0.29, 0.717) is 12.4 Å². The minimum absolute atomic E-state index is 0.151. The fourth-order valence-electron chi connectivity index (χ4n) is 5.93. The molecule has 2 aromatic carbocycles. The molecule has 0 bridgehead atoms. The predicted molar refractivity (Wildman–Crippen MR) is 187 cm³/mol. The van der Waals surface area contributed by atoms with Crippen molar-refractivity contribution in [3.63, 3.8) is 0 Å². The molecule has 0 aliphatic heterocycles. The third-order valence-corrected chi connectivity index (χ3v) is 8.53. The zero-order valence-corrected chi connectivity index (χ0v) is 28.9. The number of ether oxygens (including phenoxy) is 2. The van der Waals surface area contributed by atoms with Gasteiger partial charge in [0.05, 0.1) is 23.6 Å². The number of hydrogen-bond acceptors (Lipinski definition) is 7. The Morgan fingerprint density at radius 3 is 2.52 bits per heavy atom. The lowest BCUT2D eigenvalue weighted by molar-refractivity contribution is 0.171. The largest absolute Gasteiger partial charge is 0.492 e. The van der Waals surface area contributed by atoms with E-state index in [0.717, 1.165) is 64.9 Å². The minimum Gasteiger partial charge on any atom is -0.492 e. The van der Waals surface area contributed by atoms with E-state index in [2.05, 4.69) is 72.5 Å². The van der Waals surface area contributed by atoms with Gasteiger partial charge in [0.1, 0.15) is 35.9 Å². The lowest BCUT2D eigenvalue weighted by atomic mass is 9.85. The number of rotatable bonds is 10. The van der Waals surface area contributed by atoms with Crippen LogP contribution in [0.5, 0.6) is 11.5 Å². The van der Waals surface area contributed by atoms with E-state index in [1.54, 1.807) is 4.68 Å². The van der Waals surface area contributed by atoms with Crippen LogP contribution in [0.3, 0.4) is 0 Å². The molecule has 252 valence electrons. The molecule has 6 rings (SSSR count). The summed E-state index contributed by atoms with van der Waals surface area (Å²) in [7, 11) is 4.03. The van der Waals surface area contributed by atoms with Crippen molar-refractivity contribution in [3.8, 4) is 17.2 Å². The Hall–Kier alpha value is -4.90. The van der Waals surface area contributed by atoms with Crippen LogP contribution in [0.4, 0.5) is 10.6 Å². The molecule has 0 radical (unpaired) electrons. The second-order valence-electron chi connectivity index (χ2n) is 14.0. The van der Waals surface area contributed by atoms with Crippen molar-refractivity contribution in [3.05, 3.63) is 95.6 Å². The summed E-state index contributed by atoms with van der Waals surface area (Å²) < 4.78 is 16.3. The summed E-state index contributed by atoms with van der Waals surface area (Å²) in [6, 6.07) is 21.3. The maximum atomic E-state index is 13.6. The van der Waals surface area contributed by atoms with E-state index in [1.165, 1.54) is 0 Å². The maximum Gasteiger partial charge on any atom is 0.320 e. The number of hydrogen-bond donors (Lipinski definition) is 2. The Bertz CT molecular complexity index is 1890. The van der Waals surface area contributed by atoms with Gasteiger partial charge in [-0.1, -0.05) is 65.0 Å². The van der Waals surface area contributed by atoms with Crippen molar-refractivity contribution in [2.75, 3.05) is 32.6 Å². The summed E-state index contributed by atoms with van der Waals surface area (Å²) in [4.78, 5) is 15.7. The number of anilines is 1. The summed E-state index contributed by atoms with van der Waals surface area (Å²) in [6.45, 7) is 11.9.